The molecule has 4 atom stereocenters. The largest absolute Gasteiger partial charge is 0.481 e. The van der Waals surface area contributed by atoms with E-state index in [1.807, 2.05) is 18.2 Å². The molecule has 3 rings (SSSR count). The molecule has 2 saturated heterocycles. The summed E-state index contributed by atoms with van der Waals surface area (Å²) in [5.74, 6) is -2.52. The molecular formula is C14H14INO4. The molecule has 2 fully saturated rings. The molecule has 0 aliphatic carbocycles. The van der Waals surface area contributed by atoms with Gasteiger partial charge in [-0.05, 0) is 53.6 Å². The zero-order chi connectivity index (χ0) is 14.3. The molecule has 0 spiro atoms. The first-order valence-electron chi connectivity index (χ1n) is 6.51. The Bertz CT molecular complexity index is 562. The van der Waals surface area contributed by atoms with Gasteiger partial charge in [0, 0.05) is 9.26 Å². The molecule has 2 N–H and O–H groups in total. The Morgan fingerprint density at radius 1 is 1.25 bits per heavy atom. The van der Waals surface area contributed by atoms with Crippen LogP contribution in [0.5, 0.6) is 0 Å². The summed E-state index contributed by atoms with van der Waals surface area (Å²) >= 11 is 2.16. The molecule has 0 radical (unpaired) electrons. The third kappa shape index (κ3) is 2.42. The van der Waals surface area contributed by atoms with Crippen molar-refractivity contribution in [3.63, 3.8) is 0 Å². The third-order valence-electron chi connectivity index (χ3n) is 3.95. The number of carbonyl (C=O) groups excluding carboxylic acids is 1. The summed E-state index contributed by atoms with van der Waals surface area (Å²) in [4.78, 5) is 23.7. The number of ether oxygens (including phenoxy) is 1. The molecular weight excluding hydrogens is 373 g/mol. The maximum Gasteiger partial charge on any atom is 0.310 e. The molecule has 1 amide bonds. The molecule has 2 unspecified atom stereocenters. The van der Waals surface area contributed by atoms with Crippen LogP contribution in [0.2, 0.25) is 0 Å². The van der Waals surface area contributed by atoms with Crippen LogP contribution in [0.1, 0.15) is 12.8 Å². The highest BCUT2D eigenvalue weighted by atomic mass is 127. The number of rotatable bonds is 3. The van der Waals surface area contributed by atoms with Gasteiger partial charge in [-0.15, -0.1) is 0 Å². The Morgan fingerprint density at radius 3 is 2.60 bits per heavy atom. The topological polar surface area (TPSA) is 75.6 Å². The van der Waals surface area contributed by atoms with Crippen molar-refractivity contribution in [2.75, 3.05) is 5.32 Å². The lowest BCUT2D eigenvalue weighted by Gasteiger charge is -2.23. The van der Waals surface area contributed by atoms with E-state index in [2.05, 4.69) is 27.9 Å². The fourth-order valence-corrected chi connectivity index (χ4v) is 3.66. The second kappa shape index (κ2) is 5.33. The van der Waals surface area contributed by atoms with Crippen LogP contribution in [0.25, 0.3) is 0 Å². The summed E-state index contributed by atoms with van der Waals surface area (Å²) in [5.41, 5.74) is 0.689. The van der Waals surface area contributed by atoms with Crippen molar-refractivity contribution < 1.29 is 19.4 Å². The van der Waals surface area contributed by atoms with Gasteiger partial charge in [0.05, 0.1) is 24.0 Å². The summed E-state index contributed by atoms with van der Waals surface area (Å²) in [5, 5.41) is 12.1. The highest BCUT2D eigenvalue weighted by molar-refractivity contribution is 14.1. The molecule has 2 aliphatic heterocycles. The first kappa shape index (κ1) is 13.8. The second-order valence-corrected chi connectivity index (χ2v) is 6.43. The standard InChI is InChI=1S/C14H14INO4/c15-7-2-1-3-8(6-7)16-13(17)11-9-4-5-10(20-9)12(11)14(18)19/h1-3,6,9-12H,4-5H2,(H,16,17)(H,18,19)/t9-,10+,11?,12?/m1/s1. The summed E-state index contributed by atoms with van der Waals surface area (Å²) in [7, 11) is 0. The first-order valence-corrected chi connectivity index (χ1v) is 7.59. The van der Waals surface area contributed by atoms with E-state index in [-0.39, 0.29) is 18.1 Å². The average Bonchev–Trinajstić information content (AvgIpc) is 2.98. The van der Waals surface area contributed by atoms with Crippen molar-refractivity contribution in [3.05, 3.63) is 27.8 Å². The van der Waals surface area contributed by atoms with E-state index < -0.39 is 17.8 Å². The summed E-state index contributed by atoms with van der Waals surface area (Å²) in [6.07, 6.45) is 0.918. The van der Waals surface area contributed by atoms with Gasteiger partial charge in [0.1, 0.15) is 0 Å². The number of hydrogen-bond acceptors (Lipinski definition) is 3. The van der Waals surface area contributed by atoms with Crippen molar-refractivity contribution in [2.45, 2.75) is 25.0 Å². The van der Waals surface area contributed by atoms with E-state index in [9.17, 15) is 14.7 Å². The van der Waals surface area contributed by atoms with Gasteiger partial charge in [-0.25, -0.2) is 0 Å². The number of fused-ring (bicyclic) bond motifs is 2. The molecule has 106 valence electrons. The van der Waals surface area contributed by atoms with Gasteiger partial charge in [0.15, 0.2) is 0 Å². The van der Waals surface area contributed by atoms with Gasteiger partial charge >= 0.3 is 5.97 Å². The number of nitrogens with one attached hydrogen (secondary N) is 1. The normalized spacial score (nSPS) is 31.2. The lowest BCUT2D eigenvalue weighted by Crippen LogP contribution is -2.40. The molecule has 2 aliphatic rings. The quantitative estimate of drug-likeness (QED) is 0.780. The number of carbonyl (C=O) groups is 2. The van der Waals surface area contributed by atoms with Crippen LogP contribution in [-0.4, -0.2) is 29.2 Å². The number of aliphatic carboxylic acids is 1. The van der Waals surface area contributed by atoms with Crippen LogP contribution >= 0.6 is 22.6 Å². The molecule has 1 aromatic rings. The van der Waals surface area contributed by atoms with E-state index in [0.717, 1.165) is 16.4 Å². The first-order chi connectivity index (χ1) is 9.56. The molecule has 2 bridgehead atoms. The second-order valence-electron chi connectivity index (χ2n) is 5.18. The van der Waals surface area contributed by atoms with Crippen LogP contribution < -0.4 is 5.32 Å². The third-order valence-corrected chi connectivity index (χ3v) is 4.62. The molecule has 0 saturated carbocycles. The van der Waals surface area contributed by atoms with Crippen LogP contribution in [0.15, 0.2) is 24.3 Å². The number of carboxylic acids is 1. The number of carboxylic acid groups (broad SMARTS) is 1. The van der Waals surface area contributed by atoms with E-state index in [0.29, 0.717) is 5.69 Å². The monoisotopic (exact) mass is 387 g/mol. The van der Waals surface area contributed by atoms with E-state index in [1.54, 1.807) is 6.07 Å². The lowest BCUT2D eigenvalue weighted by atomic mass is 9.78. The summed E-state index contributed by atoms with van der Waals surface area (Å²) in [6.45, 7) is 0. The van der Waals surface area contributed by atoms with E-state index >= 15 is 0 Å². The summed E-state index contributed by atoms with van der Waals surface area (Å²) in [6, 6.07) is 7.42. The Kier molecular flexibility index (Phi) is 3.68. The minimum atomic E-state index is -0.944. The van der Waals surface area contributed by atoms with E-state index in [1.165, 1.54) is 0 Å². The molecule has 0 aromatic heterocycles. The van der Waals surface area contributed by atoms with E-state index in [4.69, 9.17) is 4.74 Å². The predicted molar refractivity (Wildman–Crippen MR) is 80.3 cm³/mol. The maximum atomic E-state index is 12.4. The number of hydrogen-bond donors (Lipinski definition) is 2. The molecule has 20 heavy (non-hydrogen) atoms. The number of amides is 1. The predicted octanol–water partition coefficient (Wildman–Crippen LogP) is 2.11. The smallest absolute Gasteiger partial charge is 0.310 e. The Labute approximate surface area is 129 Å². The zero-order valence-corrected chi connectivity index (χ0v) is 12.7. The highest BCUT2D eigenvalue weighted by Crippen LogP contribution is 2.44. The number of benzene rings is 1. The van der Waals surface area contributed by atoms with Crippen LogP contribution in [0.4, 0.5) is 5.69 Å². The summed E-state index contributed by atoms with van der Waals surface area (Å²) < 4.78 is 6.61. The van der Waals surface area contributed by atoms with Crippen molar-refractivity contribution in [1.29, 1.82) is 0 Å². The fraction of sp³-hybridized carbons (Fsp3) is 0.429. The molecule has 5 nitrogen and oxygen atoms in total. The van der Waals surface area contributed by atoms with Gasteiger partial charge in [-0.1, -0.05) is 6.07 Å². The van der Waals surface area contributed by atoms with Crippen molar-refractivity contribution in [1.82, 2.24) is 0 Å². The number of halogens is 1. The van der Waals surface area contributed by atoms with Gasteiger partial charge in [-0.2, -0.15) is 0 Å². The molecule has 1 aromatic carbocycles. The maximum absolute atomic E-state index is 12.4. The average molecular weight is 387 g/mol. The Morgan fingerprint density at radius 2 is 1.95 bits per heavy atom. The van der Waals surface area contributed by atoms with Crippen molar-refractivity contribution in [3.8, 4) is 0 Å². The molecule has 6 heteroatoms. The van der Waals surface area contributed by atoms with Gasteiger partial charge in [-0.3, -0.25) is 9.59 Å². The van der Waals surface area contributed by atoms with Gasteiger partial charge < -0.3 is 15.2 Å². The minimum Gasteiger partial charge on any atom is -0.481 e. The lowest BCUT2D eigenvalue weighted by molar-refractivity contribution is -0.147. The molecule has 2 heterocycles. The van der Waals surface area contributed by atoms with Gasteiger partial charge in [0.25, 0.3) is 0 Å². The van der Waals surface area contributed by atoms with Crippen molar-refractivity contribution in [2.24, 2.45) is 11.8 Å². The highest BCUT2D eigenvalue weighted by Gasteiger charge is 2.55. The van der Waals surface area contributed by atoms with Crippen LogP contribution in [0, 0.1) is 15.4 Å². The zero-order valence-electron chi connectivity index (χ0n) is 10.6. The Hall–Kier alpha value is -1.15. The Balaban J connectivity index is 1.78. The van der Waals surface area contributed by atoms with Crippen molar-refractivity contribution >= 4 is 40.2 Å². The van der Waals surface area contributed by atoms with Gasteiger partial charge in [0.2, 0.25) is 5.91 Å². The van der Waals surface area contributed by atoms with Crippen LogP contribution in [-0.2, 0) is 14.3 Å². The number of anilines is 1. The van der Waals surface area contributed by atoms with Crippen LogP contribution in [0.3, 0.4) is 0 Å². The minimum absolute atomic E-state index is 0.258. The SMILES string of the molecule is O=C(O)C1C(C(=O)Nc2cccc(I)c2)[C@H]2CC[C@@H]1O2. The fourth-order valence-electron chi connectivity index (χ4n) is 3.12.